The number of nitrogens with two attached hydrogens (primary N) is 1. The van der Waals surface area contributed by atoms with Crippen molar-refractivity contribution < 1.29 is 23.9 Å². The van der Waals surface area contributed by atoms with E-state index < -0.39 is 17.7 Å². The minimum absolute atomic E-state index is 0.261. The van der Waals surface area contributed by atoms with Crippen molar-refractivity contribution >= 4 is 35.5 Å². The van der Waals surface area contributed by atoms with Crippen LogP contribution in [0, 0.1) is 0 Å². The molecular weight excluding hydrogens is 270 g/mol. The second kappa shape index (κ2) is 6.79. The van der Waals surface area contributed by atoms with E-state index in [2.05, 4.69) is 0 Å². The molecule has 0 saturated carbocycles. The first-order chi connectivity index (χ1) is 8.93. The van der Waals surface area contributed by atoms with Crippen molar-refractivity contribution in [2.24, 2.45) is 5.73 Å². The number of carboxylic acid groups (broad SMARTS) is 1. The van der Waals surface area contributed by atoms with Gasteiger partial charge in [-0.3, -0.25) is 14.4 Å². The Hall–Kier alpha value is -2.02. The molecule has 1 heterocycles. The Kier molecular flexibility index (Phi) is 5.37. The lowest BCUT2D eigenvalue weighted by atomic mass is 10.1. The van der Waals surface area contributed by atoms with Crippen molar-refractivity contribution in [3.63, 3.8) is 0 Å². The summed E-state index contributed by atoms with van der Waals surface area (Å²) in [7, 11) is 0. The van der Waals surface area contributed by atoms with Crippen LogP contribution < -0.4 is 5.73 Å². The van der Waals surface area contributed by atoms with Crippen molar-refractivity contribution in [3.8, 4) is 0 Å². The van der Waals surface area contributed by atoms with Gasteiger partial charge in [-0.2, -0.15) is 0 Å². The molecule has 0 unspecified atom stereocenters. The number of carbonyl (C=O) groups excluding carboxylic acids is 2. The van der Waals surface area contributed by atoms with Crippen LogP contribution in [0.25, 0.3) is 6.08 Å². The van der Waals surface area contributed by atoms with Gasteiger partial charge in [0, 0.05) is 6.42 Å². The number of hydrogen-bond donors (Lipinski definition) is 2. The Morgan fingerprint density at radius 2 is 2.05 bits per heavy atom. The van der Waals surface area contributed by atoms with Gasteiger partial charge in [-0.15, -0.1) is 0 Å². The molecule has 0 fully saturated rings. The normalized spacial score (nSPS) is 11.3. The first-order valence-electron chi connectivity index (χ1n) is 5.34. The molecule has 0 aromatic carbocycles. The van der Waals surface area contributed by atoms with Gasteiger partial charge in [-0.05, 0) is 24.5 Å². The van der Waals surface area contributed by atoms with E-state index in [-0.39, 0.29) is 18.4 Å². The van der Waals surface area contributed by atoms with Crippen molar-refractivity contribution in [1.29, 1.82) is 0 Å². The minimum atomic E-state index is -1.11. The second-order valence-electron chi connectivity index (χ2n) is 3.60. The third-order valence-electron chi connectivity index (χ3n) is 2.22. The van der Waals surface area contributed by atoms with Crippen molar-refractivity contribution in [2.75, 3.05) is 6.26 Å². The average Bonchev–Trinajstić information content (AvgIpc) is 2.80. The van der Waals surface area contributed by atoms with Crippen LogP contribution in [-0.2, 0) is 14.4 Å². The summed E-state index contributed by atoms with van der Waals surface area (Å²) in [5.74, 6) is -2.31. The van der Waals surface area contributed by atoms with Crippen LogP contribution in [0.2, 0.25) is 0 Å². The number of ketones is 1. The maximum absolute atomic E-state index is 11.7. The maximum Gasteiger partial charge on any atom is 0.303 e. The highest BCUT2D eigenvalue weighted by molar-refractivity contribution is 7.98. The van der Waals surface area contributed by atoms with E-state index in [0.717, 1.165) is 0 Å². The largest absolute Gasteiger partial charge is 0.481 e. The molecule has 0 aliphatic rings. The van der Waals surface area contributed by atoms with Crippen molar-refractivity contribution in [3.05, 3.63) is 23.5 Å². The number of carbonyl (C=O) groups is 3. The summed E-state index contributed by atoms with van der Waals surface area (Å²) in [4.78, 5) is 33.3. The number of primary amides is 1. The zero-order valence-corrected chi connectivity index (χ0v) is 11.0. The first-order valence-corrected chi connectivity index (χ1v) is 6.57. The van der Waals surface area contributed by atoms with Gasteiger partial charge in [-0.1, -0.05) is 11.8 Å². The first kappa shape index (κ1) is 15.0. The average molecular weight is 283 g/mol. The highest BCUT2D eigenvalue weighted by atomic mass is 32.2. The van der Waals surface area contributed by atoms with Crippen LogP contribution in [0.15, 0.2) is 27.2 Å². The molecule has 1 aromatic rings. The van der Waals surface area contributed by atoms with Gasteiger partial charge in [0.05, 0.1) is 12.0 Å². The summed E-state index contributed by atoms with van der Waals surface area (Å²) >= 11 is 1.37. The lowest BCUT2D eigenvalue weighted by Gasteiger charge is -2.00. The monoisotopic (exact) mass is 283 g/mol. The quantitative estimate of drug-likeness (QED) is 0.338. The number of Topliss-reactive ketones (excluding diaryl/α,β-unsaturated/α-hetero) is 1. The fourth-order valence-corrected chi connectivity index (χ4v) is 1.69. The Morgan fingerprint density at radius 1 is 1.37 bits per heavy atom. The predicted octanol–water partition coefficient (Wildman–Crippen LogP) is 1.30. The Morgan fingerprint density at radius 3 is 2.53 bits per heavy atom. The molecule has 3 N–H and O–H groups in total. The molecule has 0 bridgehead atoms. The van der Waals surface area contributed by atoms with Gasteiger partial charge in [0.2, 0.25) is 0 Å². The third-order valence-corrected chi connectivity index (χ3v) is 2.84. The molecule has 19 heavy (non-hydrogen) atoms. The van der Waals surface area contributed by atoms with E-state index in [9.17, 15) is 14.4 Å². The molecule has 1 aromatic heterocycles. The topological polar surface area (TPSA) is 111 Å². The maximum atomic E-state index is 11.7. The molecule has 0 radical (unpaired) electrons. The molecule has 0 saturated heterocycles. The highest BCUT2D eigenvalue weighted by Crippen LogP contribution is 2.20. The summed E-state index contributed by atoms with van der Waals surface area (Å²) in [6.45, 7) is 0. The van der Waals surface area contributed by atoms with Gasteiger partial charge in [0.15, 0.2) is 10.9 Å². The van der Waals surface area contributed by atoms with Gasteiger partial charge in [0.1, 0.15) is 5.76 Å². The van der Waals surface area contributed by atoms with E-state index >= 15 is 0 Å². The smallest absolute Gasteiger partial charge is 0.303 e. The second-order valence-corrected chi connectivity index (χ2v) is 4.41. The Labute approximate surface area is 113 Å². The molecule has 7 heteroatoms. The van der Waals surface area contributed by atoms with E-state index in [1.165, 1.54) is 17.8 Å². The summed E-state index contributed by atoms with van der Waals surface area (Å²) < 4.78 is 5.30. The molecular formula is C12H13NO5S. The summed E-state index contributed by atoms with van der Waals surface area (Å²) in [6.07, 6.45) is 2.42. The molecule has 0 atom stereocenters. The zero-order valence-electron chi connectivity index (χ0n) is 10.2. The van der Waals surface area contributed by atoms with E-state index in [1.807, 2.05) is 6.26 Å². The summed E-state index contributed by atoms with van der Waals surface area (Å²) in [5.41, 5.74) is 4.85. The molecule has 0 aliphatic carbocycles. The fourth-order valence-electron chi connectivity index (χ4n) is 1.31. The lowest BCUT2D eigenvalue weighted by Crippen LogP contribution is -2.21. The number of furan rings is 1. The third kappa shape index (κ3) is 4.63. The molecule has 1 amide bonds. The number of carboxylic acids is 1. The molecule has 0 aliphatic heterocycles. The molecule has 0 spiro atoms. The summed E-state index contributed by atoms with van der Waals surface area (Å²) in [6, 6.07) is 3.29. The van der Waals surface area contributed by atoms with Crippen LogP contribution in [0.1, 0.15) is 18.6 Å². The van der Waals surface area contributed by atoms with Gasteiger partial charge in [-0.25, -0.2) is 0 Å². The predicted molar refractivity (Wildman–Crippen MR) is 69.5 cm³/mol. The van der Waals surface area contributed by atoms with Crippen LogP contribution >= 0.6 is 11.8 Å². The van der Waals surface area contributed by atoms with Crippen molar-refractivity contribution in [1.82, 2.24) is 0 Å². The highest BCUT2D eigenvalue weighted by Gasteiger charge is 2.17. The lowest BCUT2D eigenvalue weighted by molar-refractivity contribution is -0.138. The Balaban J connectivity index is 2.90. The molecule has 102 valence electrons. The number of thioether (sulfide) groups is 1. The van der Waals surface area contributed by atoms with Crippen molar-refractivity contribution in [2.45, 2.75) is 17.9 Å². The van der Waals surface area contributed by atoms with E-state index in [1.54, 1.807) is 12.1 Å². The van der Waals surface area contributed by atoms with Gasteiger partial charge >= 0.3 is 5.97 Å². The number of rotatable bonds is 7. The molecule has 1 rings (SSSR count). The number of aliphatic carboxylic acids is 1. The van der Waals surface area contributed by atoms with Gasteiger partial charge < -0.3 is 15.3 Å². The fraction of sp³-hybridized carbons (Fsp3) is 0.250. The van der Waals surface area contributed by atoms with Crippen LogP contribution in [0.4, 0.5) is 0 Å². The zero-order chi connectivity index (χ0) is 14.4. The SMILES string of the molecule is CSc1ccc(C=C(C(N)=O)C(=O)CCC(=O)O)o1. The van der Waals surface area contributed by atoms with Crippen LogP contribution in [0.5, 0.6) is 0 Å². The minimum Gasteiger partial charge on any atom is -0.481 e. The van der Waals surface area contributed by atoms with Gasteiger partial charge in [0.25, 0.3) is 5.91 Å². The van der Waals surface area contributed by atoms with E-state index in [4.69, 9.17) is 15.3 Å². The molecule has 6 nitrogen and oxygen atoms in total. The number of amides is 1. The van der Waals surface area contributed by atoms with E-state index in [0.29, 0.717) is 10.9 Å². The number of hydrogen-bond acceptors (Lipinski definition) is 5. The Bertz CT molecular complexity index is 532. The standard InChI is InChI=1S/C12H13NO5S/c1-19-11-5-2-7(18-11)6-8(12(13)17)9(14)3-4-10(15)16/h2,5-6H,3-4H2,1H3,(H2,13,17)(H,15,16). The summed E-state index contributed by atoms with van der Waals surface area (Å²) in [5, 5.41) is 9.13. The van der Waals surface area contributed by atoms with Crippen LogP contribution in [0.3, 0.4) is 0 Å². The van der Waals surface area contributed by atoms with Crippen LogP contribution in [-0.4, -0.2) is 29.0 Å².